The van der Waals surface area contributed by atoms with E-state index in [1.54, 1.807) is 4.68 Å². The first kappa shape index (κ1) is 11.6. The van der Waals surface area contributed by atoms with Gasteiger partial charge in [0.15, 0.2) is 0 Å². The monoisotopic (exact) mass is 272 g/mol. The summed E-state index contributed by atoms with van der Waals surface area (Å²) in [5.74, 6) is 5.85. The van der Waals surface area contributed by atoms with Crippen molar-refractivity contribution in [1.82, 2.24) is 9.24 Å². The first-order valence-electron chi connectivity index (χ1n) is 6.64. The lowest BCUT2D eigenvalue weighted by Crippen LogP contribution is -2.04. The number of nitrogens with zero attached hydrogens (tertiary/aromatic N) is 3. The van der Waals surface area contributed by atoms with Gasteiger partial charge in [0.2, 0.25) is 0 Å². The van der Waals surface area contributed by atoms with Crippen molar-refractivity contribution in [2.24, 2.45) is 0 Å². The minimum Gasteiger partial charge on any atom is -0.339 e. The van der Waals surface area contributed by atoms with Crippen LogP contribution in [0.3, 0.4) is 0 Å². The molecule has 0 amide bonds. The summed E-state index contributed by atoms with van der Waals surface area (Å²) in [6.45, 7) is 0. The zero-order chi connectivity index (χ0) is 14.4. The van der Waals surface area contributed by atoms with Gasteiger partial charge in [-0.1, -0.05) is 0 Å². The number of benzene rings is 2. The Hall–Kier alpha value is -3.19. The Balaban J connectivity index is 1.93. The summed E-state index contributed by atoms with van der Waals surface area (Å²) in [7, 11) is 0. The molecule has 0 aliphatic heterocycles. The second kappa shape index (κ2) is 4.15. The Labute approximate surface area is 121 Å². The molecule has 2 N–H and O–H groups in total. The molecular weight excluding hydrogens is 260 g/mol. The highest BCUT2D eigenvalue weighted by atomic mass is 15.3. The number of aromatic nitrogens is 2. The third-order valence-corrected chi connectivity index (χ3v) is 3.80. The van der Waals surface area contributed by atoms with Gasteiger partial charge in [-0.05, 0) is 48.5 Å². The van der Waals surface area contributed by atoms with Gasteiger partial charge in [0, 0.05) is 28.9 Å². The van der Waals surface area contributed by atoms with Crippen molar-refractivity contribution < 1.29 is 0 Å². The highest BCUT2D eigenvalue weighted by molar-refractivity contribution is 5.86. The summed E-state index contributed by atoms with van der Waals surface area (Å²) in [6.07, 6.45) is 3.87. The number of nitrogen functional groups attached to an aromatic ring is 1. The maximum absolute atomic E-state index is 8.97. The van der Waals surface area contributed by atoms with Crippen LogP contribution < -0.4 is 5.84 Å². The molecule has 0 fully saturated rings. The number of fused-ring (bicyclic) bond motifs is 2. The smallest absolute Gasteiger partial charge is 0.0991 e. The van der Waals surface area contributed by atoms with Crippen LogP contribution in [0.5, 0.6) is 0 Å². The molecule has 2 heterocycles. The maximum atomic E-state index is 8.97. The maximum Gasteiger partial charge on any atom is 0.0991 e. The van der Waals surface area contributed by atoms with Crippen molar-refractivity contribution in [3.63, 3.8) is 0 Å². The number of nitrogens with two attached hydrogens (primary N) is 1. The molecule has 0 spiro atoms. The first-order chi connectivity index (χ1) is 10.3. The average molecular weight is 272 g/mol. The van der Waals surface area contributed by atoms with Crippen LogP contribution in [-0.2, 0) is 0 Å². The molecule has 2 aromatic heterocycles. The average Bonchev–Trinajstić information content (AvgIpc) is 3.10. The fraction of sp³-hybridized carbons (Fsp3) is 0. The van der Waals surface area contributed by atoms with E-state index in [-0.39, 0.29) is 0 Å². The van der Waals surface area contributed by atoms with Crippen molar-refractivity contribution in [3.05, 3.63) is 66.5 Å². The molecule has 4 aromatic rings. The van der Waals surface area contributed by atoms with Crippen LogP contribution in [-0.4, -0.2) is 9.24 Å². The summed E-state index contributed by atoms with van der Waals surface area (Å²) in [5, 5.41) is 11.1. The third kappa shape index (κ3) is 1.68. The van der Waals surface area contributed by atoms with Gasteiger partial charge < -0.3 is 10.4 Å². The second-order valence-corrected chi connectivity index (χ2v) is 5.04. The summed E-state index contributed by atoms with van der Waals surface area (Å²) in [5.41, 5.74) is 3.84. The fourth-order valence-electron chi connectivity index (χ4n) is 2.74. The Morgan fingerprint density at radius 3 is 2.48 bits per heavy atom. The molecule has 0 aliphatic rings. The van der Waals surface area contributed by atoms with E-state index in [4.69, 9.17) is 11.1 Å². The molecule has 4 rings (SSSR count). The van der Waals surface area contributed by atoms with Crippen LogP contribution >= 0.6 is 0 Å². The van der Waals surface area contributed by atoms with Crippen molar-refractivity contribution in [1.29, 1.82) is 5.26 Å². The predicted octanol–water partition coefficient (Wildman–Crippen LogP) is 3.17. The van der Waals surface area contributed by atoms with E-state index >= 15 is 0 Å². The summed E-state index contributed by atoms with van der Waals surface area (Å²) in [6, 6.07) is 18.1. The van der Waals surface area contributed by atoms with Crippen LogP contribution in [0.1, 0.15) is 5.56 Å². The van der Waals surface area contributed by atoms with Crippen molar-refractivity contribution in [3.8, 4) is 11.8 Å². The van der Waals surface area contributed by atoms with E-state index in [0.717, 1.165) is 27.5 Å². The Kier molecular flexibility index (Phi) is 2.30. The molecule has 0 radical (unpaired) electrons. The van der Waals surface area contributed by atoms with Gasteiger partial charge in [0.1, 0.15) is 0 Å². The molecule has 0 unspecified atom stereocenters. The molecule has 0 saturated heterocycles. The highest BCUT2D eigenvalue weighted by Crippen LogP contribution is 2.24. The lowest BCUT2D eigenvalue weighted by atomic mass is 10.2. The number of rotatable bonds is 1. The number of hydrogen-bond acceptors (Lipinski definition) is 2. The zero-order valence-electron chi connectivity index (χ0n) is 11.2. The Morgan fingerprint density at radius 2 is 1.62 bits per heavy atom. The van der Waals surface area contributed by atoms with E-state index in [1.807, 2.05) is 54.9 Å². The molecule has 4 heteroatoms. The van der Waals surface area contributed by atoms with Gasteiger partial charge in [-0.2, -0.15) is 5.26 Å². The largest absolute Gasteiger partial charge is 0.339 e. The van der Waals surface area contributed by atoms with Crippen LogP contribution in [0.2, 0.25) is 0 Å². The number of hydrogen-bond donors (Lipinski definition) is 1. The minimum absolute atomic E-state index is 0.677. The third-order valence-electron chi connectivity index (χ3n) is 3.80. The van der Waals surface area contributed by atoms with Crippen molar-refractivity contribution in [2.75, 3.05) is 5.84 Å². The van der Waals surface area contributed by atoms with Crippen LogP contribution in [0.15, 0.2) is 60.9 Å². The van der Waals surface area contributed by atoms with Gasteiger partial charge >= 0.3 is 0 Å². The summed E-state index contributed by atoms with van der Waals surface area (Å²) in [4.78, 5) is 0. The Morgan fingerprint density at radius 1 is 0.857 bits per heavy atom. The fourth-order valence-corrected chi connectivity index (χ4v) is 2.74. The number of nitriles is 1. The van der Waals surface area contributed by atoms with Gasteiger partial charge in [-0.3, -0.25) is 4.68 Å². The second-order valence-electron chi connectivity index (χ2n) is 5.04. The predicted molar refractivity (Wildman–Crippen MR) is 83.6 cm³/mol. The molecule has 21 heavy (non-hydrogen) atoms. The minimum atomic E-state index is 0.677. The van der Waals surface area contributed by atoms with Crippen LogP contribution in [0.25, 0.3) is 27.5 Å². The van der Waals surface area contributed by atoms with Crippen molar-refractivity contribution >= 4 is 21.8 Å². The Bertz CT molecular complexity index is 1010. The highest BCUT2D eigenvalue weighted by Gasteiger charge is 2.06. The van der Waals surface area contributed by atoms with Crippen LogP contribution in [0.4, 0.5) is 0 Å². The molecule has 2 aromatic carbocycles. The zero-order valence-corrected chi connectivity index (χ0v) is 11.2. The molecule has 0 saturated carbocycles. The quantitative estimate of drug-likeness (QED) is 0.541. The first-order valence-corrected chi connectivity index (χ1v) is 6.64. The normalized spacial score (nSPS) is 11.0. The lowest BCUT2D eigenvalue weighted by Gasteiger charge is -2.06. The van der Waals surface area contributed by atoms with Gasteiger partial charge in [0.05, 0.1) is 22.7 Å². The standard InChI is InChI=1S/C17H12N4/c18-11-12-1-3-16-13(9-12)5-7-20(16)15-2-4-17-14(10-15)6-8-21(17)19/h1-10H,19H2. The topological polar surface area (TPSA) is 59.7 Å². The SMILES string of the molecule is N#Cc1ccc2c(ccn2-c2ccc3c(ccn3N)c2)c1. The van der Waals surface area contributed by atoms with Gasteiger partial charge in [-0.25, -0.2) is 0 Å². The van der Waals surface area contributed by atoms with Crippen LogP contribution in [0, 0.1) is 11.3 Å². The molecule has 0 atom stereocenters. The van der Waals surface area contributed by atoms with E-state index in [1.165, 1.54) is 0 Å². The molecular formula is C17H12N4. The van der Waals surface area contributed by atoms with E-state index < -0.39 is 0 Å². The summed E-state index contributed by atoms with van der Waals surface area (Å²) < 4.78 is 3.73. The molecule has 0 aliphatic carbocycles. The van der Waals surface area contributed by atoms with Crippen molar-refractivity contribution in [2.45, 2.75) is 0 Å². The summed E-state index contributed by atoms with van der Waals surface area (Å²) >= 11 is 0. The molecule has 0 bridgehead atoms. The van der Waals surface area contributed by atoms with Gasteiger partial charge in [-0.15, -0.1) is 0 Å². The van der Waals surface area contributed by atoms with E-state index in [9.17, 15) is 0 Å². The molecule has 100 valence electrons. The van der Waals surface area contributed by atoms with Gasteiger partial charge in [0.25, 0.3) is 0 Å². The van der Waals surface area contributed by atoms with E-state index in [2.05, 4.69) is 16.7 Å². The lowest BCUT2D eigenvalue weighted by molar-refractivity contribution is 1.06. The molecule has 4 nitrogen and oxygen atoms in total. The van der Waals surface area contributed by atoms with E-state index in [0.29, 0.717) is 5.56 Å².